The van der Waals surface area contributed by atoms with Crippen LogP contribution < -0.4 is 30.5 Å². The van der Waals surface area contributed by atoms with Crippen molar-refractivity contribution in [3.8, 4) is 11.5 Å². The van der Waals surface area contributed by atoms with Crippen LogP contribution in [0.25, 0.3) is 0 Å². The second kappa shape index (κ2) is 14.8. The van der Waals surface area contributed by atoms with Crippen LogP contribution in [0.2, 0.25) is 5.04 Å². The van der Waals surface area contributed by atoms with E-state index in [1.165, 1.54) is 0 Å². The summed E-state index contributed by atoms with van der Waals surface area (Å²) in [6.07, 6.45) is 5.32. The highest BCUT2D eigenvalue weighted by Gasteiger charge is 2.52. The van der Waals surface area contributed by atoms with E-state index in [0.29, 0.717) is 29.7 Å². The van der Waals surface area contributed by atoms with Gasteiger partial charge in [0.05, 0.1) is 24.9 Å². The molecule has 1 fully saturated rings. The summed E-state index contributed by atoms with van der Waals surface area (Å²) in [6, 6.07) is 23.2. The summed E-state index contributed by atoms with van der Waals surface area (Å²) in [7, 11) is -3.18. The van der Waals surface area contributed by atoms with Crippen molar-refractivity contribution >= 4 is 24.9 Å². The number of nitrogens with zero attached hydrogens (tertiary/aromatic N) is 2. The first kappa shape index (κ1) is 36.0. The van der Waals surface area contributed by atoms with E-state index in [1.807, 2.05) is 97.6 Å². The van der Waals surface area contributed by atoms with Gasteiger partial charge in [-0.15, -0.1) is 0 Å². The highest BCUT2D eigenvalue weighted by Crippen LogP contribution is 2.45. The van der Waals surface area contributed by atoms with Crippen molar-refractivity contribution in [3.63, 3.8) is 0 Å². The van der Waals surface area contributed by atoms with Crippen LogP contribution in [0.1, 0.15) is 58.2 Å². The van der Waals surface area contributed by atoms with Crippen molar-refractivity contribution in [3.05, 3.63) is 108 Å². The summed E-state index contributed by atoms with van der Waals surface area (Å²) in [5.74, 6) is -1.92. The number of nitrogens with one attached hydrogen (secondary N) is 2. The molecule has 1 saturated heterocycles. The number of halogens is 2. The van der Waals surface area contributed by atoms with Crippen LogP contribution in [0.15, 0.2) is 102 Å². The maximum absolute atomic E-state index is 16.7. The Morgan fingerprint density at radius 2 is 1.70 bits per heavy atom. The summed E-state index contributed by atoms with van der Waals surface area (Å²) in [5.41, 5.74) is 3.22. The van der Waals surface area contributed by atoms with Crippen LogP contribution in [0.3, 0.4) is 0 Å². The second-order valence-corrected chi connectivity index (χ2v) is 19.0. The molecule has 3 atom stereocenters. The van der Waals surface area contributed by atoms with Gasteiger partial charge in [0.25, 0.3) is 14.2 Å². The van der Waals surface area contributed by atoms with E-state index < -0.39 is 38.5 Å². The van der Waals surface area contributed by atoms with Gasteiger partial charge in [0, 0.05) is 30.5 Å². The lowest BCUT2D eigenvalue weighted by atomic mass is 9.86. The summed E-state index contributed by atoms with van der Waals surface area (Å²) in [4.78, 5) is 6.65. The largest absolute Gasteiger partial charge is 0.454 e. The minimum absolute atomic E-state index is 0.130. The van der Waals surface area contributed by atoms with E-state index in [4.69, 9.17) is 18.9 Å². The fraction of sp³-hybridized carbons (Fsp3) is 0.425. The first-order valence-corrected chi connectivity index (χ1v) is 19.5. The number of alkyl halides is 2. The maximum atomic E-state index is 16.7. The molecule has 0 amide bonds. The van der Waals surface area contributed by atoms with Crippen molar-refractivity contribution in [2.24, 2.45) is 4.99 Å². The monoisotopic (exact) mass is 700 g/mol. The molecule has 0 aliphatic carbocycles. The minimum Gasteiger partial charge on any atom is -0.454 e. The Balaban J connectivity index is 1.31. The van der Waals surface area contributed by atoms with Crippen molar-refractivity contribution < 1.29 is 22.7 Å². The first-order valence-electron chi connectivity index (χ1n) is 17.6. The van der Waals surface area contributed by atoms with E-state index in [9.17, 15) is 0 Å². The van der Waals surface area contributed by atoms with Gasteiger partial charge in [-0.05, 0) is 71.9 Å². The molecule has 3 aromatic rings. The highest BCUT2D eigenvalue weighted by molar-refractivity contribution is 6.99. The molecule has 2 N–H and O–H groups in total. The van der Waals surface area contributed by atoms with E-state index in [0.717, 1.165) is 46.7 Å². The quantitative estimate of drug-likeness (QED) is 0.170. The van der Waals surface area contributed by atoms with Gasteiger partial charge in [-0.25, -0.2) is 8.78 Å². The van der Waals surface area contributed by atoms with Gasteiger partial charge in [0.1, 0.15) is 0 Å². The van der Waals surface area contributed by atoms with Gasteiger partial charge in [-0.2, -0.15) is 0 Å². The Bertz CT molecular complexity index is 1670. The van der Waals surface area contributed by atoms with Crippen LogP contribution in [-0.4, -0.2) is 70.5 Å². The van der Waals surface area contributed by atoms with Gasteiger partial charge in [-0.3, -0.25) is 9.89 Å². The van der Waals surface area contributed by atoms with Crippen molar-refractivity contribution in [1.29, 1.82) is 0 Å². The molecule has 10 heteroatoms. The van der Waals surface area contributed by atoms with Gasteiger partial charge < -0.3 is 24.5 Å². The summed E-state index contributed by atoms with van der Waals surface area (Å²) in [6.45, 7) is 15.3. The molecule has 3 heterocycles. The van der Waals surface area contributed by atoms with E-state index in [-0.39, 0.29) is 12.8 Å². The molecule has 0 unspecified atom stereocenters. The highest BCUT2D eigenvalue weighted by atomic mass is 28.4. The van der Waals surface area contributed by atoms with Gasteiger partial charge in [0.15, 0.2) is 11.5 Å². The van der Waals surface area contributed by atoms with Crippen LogP contribution in [-0.2, 0) is 10.8 Å². The zero-order valence-electron chi connectivity index (χ0n) is 29.8. The topological polar surface area (TPSA) is 67.4 Å². The van der Waals surface area contributed by atoms with Crippen LogP contribution in [0.4, 0.5) is 8.78 Å². The predicted octanol–water partition coefficient (Wildman–Crippen LogP) is 6.35. The predicted molar refractivity (Wildman–Crippen MR) is 199 cm³/mol. The van der Waals surface area contributed by atoms with E-state index >= 15 is 8.78 Å². The average molecular weight is 701 g/mol. The number of hydrogen-bond acceptors (Lipinski definition) is 7. The lowest BCUT2D eigenvalue weighted by molar-refractivity contribution is -0.0822. The third-order valence-electron chi connectivity index (χ3n) is 10.1. The lowest BCUT2D eigenvalue weighted by Crippen LogP contribution is -2.67. The van der Waals surface area contributed by atoms with Crippen LogP contribution in [0, 0.1) is 0 Å². The van der Waals surface area contributed by atoms with Crippen molar-refractivity contribution in [2.75, 3.05) is 33.0 Å². The summed E-state index contributed by atoms with van der Waals surface area (Å²) in [5, 5.41) is 8.40. The Morgan fingerprint density at radius 1 is 1.06 bits per heavy atom. The van der Waals surface area contributed by atoms with Crippen LogP contribution >= 0.6 is 0 Å². The SMILES string of the molecule is C=C(/N=C\C(=C/C)N[C@H]1CCNC1)[C@@H]1c2cc3c(cc2C[C@@H](C)N1CC(F)(F)CO[Si](c1ccccc1)(c1ccccc1)C(C)(C)C)OCO3. The molecular weight excluding hydrogens is 651 g/mol. The molecule has 0 saturated carbocycles. The standard InChI is InChI=1S/C40H50F2N4O3Si/c1-7-31(45-32-18-19-43-23-32)24-44-29(3)38-35-22-37-36(47-27-48-37)21-30(35)20-28(2)46(38)25-40(41,42)26-49-50(39(4,5)6,33-14-10-8-11-15-33)34-16-12-9-13-17-34/h7-17,21-22,24,28,32,38,43,45H,3,18-20,23,25-27H2,1-2,4-6H3/b31-7+,44-24-/t28-,32+,38-/m1/s1. The molecular formula is C40H50F2N4O3Si. The molecule has 3 aliphatic rings. The zero-order chi connectivity index (χ0) is 35.5. The molecule has 7 nitrogen and oxygen atoms in total. The smallest absolute Gasteiger partial charge is 0.282 e. The van der Waals surface area contributed by atoms with Crippen molar-refractivity contribution in [2.45, 2.75) is 76.5 Å². The maximum Gasteiger partial charge on any atom is 0.282 e. The fourth-order valence-corrected chi connectivity index (χ4v) is 12.2. The van der Waals surface area contributed by atoms with E-state index in [1.54, 1.807) is 6.21 Å². The Hall–Kier alpha value is -3.83. The average Bonchev–Trinajstić information content (AvgIpc) is 3.78. The molecule has 6 rings (SSSR count). The van der Waals surface area contributed by atoms with Crippen LogP contribution in [0.5, 0.6) is 11.5 Å². The van der Waals surface area contributed by atoms with Gasteiger partial charge in [0.2, 0.25) is 6.79 Å². The number of allylic oxidation sites excluding steroid dienone is 2. The summed E-state index contributed by atoms with van der Waals surface area (Å²) >= 11 is 0. The van der Waals surface area contributed by atoms with Gasteiger partial charge >= 0.3 is 0 Å². The molecule has 0 aromatic heterocycles. The molecule has 50 heavy (non-hydrogen) atoms. The third-order valence-corrected chi connectivity index (χ3v) is 15.1. The normalized spacial score (nSPS) is 21.4. The second-order valence-electron chi connectivity index (χ2n) is 14.7. The molecule has 0 bridgehead atoms. The number of hydrogen-bond donors (Lipinski definition) is 2. The molecule has 0 radical (unpaired) electrons. The van der Waals surface area contributed by atoms with E-state index in [2.05, 4.69) is 38.0 Å². The minimum atomic E-state index is -3.19. The molecule has 3 aromatic carbocycles. The number of benzene rings is 3. The van der Waals surface area contributed by atoms with Gasteiger partial charge in [-0.1, -0.05) is 94.1 Å². The molecule has 3 aliphatic heterocycles. The Morgan fingerprint density at radius 3 is 2.28 bits per heavy atom. The number of rotatable bonds is 12. The lowest BCUT2D eigenvalue weighted by Gasteiger charge is -2.45. The molecule has 266 valence electrons. The third kappa shape index (κ3) is 7.44. The Labute approximate surface area is 296 Å². The zero-order valence-corrected chi connectivity index (χ0v) is 30.8. The molecule has 0 spiro atoms. The number of fused-ring (bicyclic) bond motifs is 2. The fourth-order valence-electron chi connectivity index (χ4n) is 7.64. The van der Waals surface area contributed by atoms with Crippen molar-refractivity contribution in [1.82, 2.24) is 15.5 Å². The number of aliphatic imine (C=N–C) groups is 1. The Kier molecular flexibility index (Phi) is 10.6. The first-order chi connectivity index (χ1) is 23.9. The number of ether oxygens (including phenoxy) is 2. The summed E-state index contributed by atoms with van der Waals surface area (Å²) < 4.78 is 51.5.